The zero-order valence-electron chi connectivity index (χ0n) is 3.53. The molecule has 0 aliphatic heterocycles. The Labute approximate surface area is 68.2 Å². The minimum atomic E-state index is -2.55. The van der Waals surface area contributed by atoms with Gasteiger partial charge in [-0.15, -0.1) is 0 Å². The second-order valence-corrected chi connectivity index (χ2v) is 0.625. The maximum atomic E-state index is 10.8. The number of carbonyl (C=O) groups is 1. The summed E-state index contributed by atoms with van der Waals surface area (Å²) in [5.41, 5.74) is 0. The Morgan fingerprint density at radius 3 is 2.00 bits per heavy atom. The molecule has 0 aromatic rings. The summed E-state index contributed by atoms with van der Waals surface area (Å²) in [7, 11) is 0. The Morgan fingerprint density at radius 2 is 2.00 bits per heavy atom. The van der Waals surface area contributed by atoms with Gasteiger partial charge in [0, 0.05) is 39.1 Å². The van der Waals surface area contributed by atoms with Gasteiger partial charge in [-0.25, -0.2) is 0 Å². The van der Waals surface area contributed by atoms with Crippen LogP contribution in [0.4, 0.5) is 13.3 Å². The molecule has 0 aromatic carbocycles. The average molecular weight is 202 g/mol. The van der Waals surface area contributed by atoms with Gasteiger partial charge in [0.2, 0.25) is 6.04 Å². The SMILES string of the molecule is O=C(F)[C-](F)OF.[Y]. The smallest absolute Gasteiger partial charge is 0.229 e. The summed E-state index contributed by atoms with van der Waals surface area (Å²) in [5.74, 6) is 0. The van der Waals surface area contributed by atoms with Crippen LogP contribution in [0.15, 0.2) is 0 Å². The molecule has 0 fully saturated rings. The minimum Gasteiger partial charge on any atom is -0.391 e. The molecular formula is C2F3O2Y-. The van der Waals surface area contributed by atoms with Crippen LogP contribution in [0.25, 0.3) is 0 Å². The molecule has 0 aromatic heterocycles. The number of hydrogen-bond donors (Lipinski definition) is 0. The number of halogens is 3. The van der Waals surface area contributed by atoms with E-state index in [-0.39, 0.29) is 32.7 Å². The molecule has 0 spiro atoms. The van der Waals surface area contributed by atoms with Gasteiger partial charge in [0.25, 0.3) is 0 Å². The van der Waals surface area contributed by atoms with Gasteiger partial charge in [-0.05, 0) is 0 Å². The van der Waals surface area contributed by atoms with Gasteiger partial charge in [-0.2, -0.15) is 4.39 Å². The fourth-order valence-electron chi connectivity index (χ4n) is 0.0303. The molecule has 0 aliphatic rings. The first-order chi connectivity index (χ1) is 3.18. The maximum absolute atomic E-state index is 10.8. The van der Waals surface area contributed by atoms with E-state index in [9.17, 15) is 13.3 Å². The molecule has 0 rings (SSSR count). The third-order valence-corrected chi connectivity index (χ3v) is 0.222. The summed E-state index contributed by atoms with van der Waals surface area (Å²) in [4.78, 5) is 11.0. The van der Waals surface area contributed by atoms with Crippen molar-refractivity contribution in [3.8, 4) is 0 Å². The standard InChI is InChI=1S/C2F3O2.Y/c3-1(6)2(4)7-5;/q-1;. The molecule has 0 aliphatic carbocycles. The first-order valence-corrected chi connectivity index (χ1v) is 1.19. The van der Waals surface area contributed by atoms with Crippen LogP contribution in [0.1, 0.15) is 0 Å². The van der Waals surface area contributed by atoms with Crippen molar-refractivity contribution >= 4 is 6.04 Å². The van der Waals surface area contributed by atoms with Crippen molar-refractivity contribution in [2.45, 2.75) is 0 Å². The number of rotatable bonds is 2. The van der Waals surface area contributed by atoms with Crippen LogP contribution in [0.2, 0.25) is 0 Å². The van der Waals surface area contributed by atoms with Gasteiger partial charge in [0.05, 0.1) is 0 Å². The molecule has 0 heterocycles. The van der Waals surface area contributed by atoms with Crippen LogP contribution in [-0.2, 0) is 42.4 Å². The van der Waals surface area contributed by atoms with E-state index in [1.807, 2.05) is 4.94 Å². The summed E-state index contributed by atoms with van der Waals surface area (Å²) < 4.78 is 31.8. The first-order valence-electron chi connectivity index (χ1n) is 1.19. The van der Waals surface area contributed by atoms with Crippen molar-refractivity contribution in [2.24, 2.45) is 0 Å². The summed E-state index contributed by atoms with van der Waals surface area (Å²) >= 11 is 0. The van der Waals surface area contributed by atoms with E-state index in [0.717, 1.165) is 0 Å². The van der Waals surface area contributed by atoms with Gasteiger partial charge in [-0.3, -0.25) is 4.79 Å². The predicted octanol–water partition coefficient (Wildman–Crippen LogP) is 0.840. The van der Waals surface area contributed by atoms with Crippen LogP contribution >= 0.6 is 0 Å². The van der Waals surface area contributed by atoms with Crippen molar-refractivity contribution in [1.29, 1.82) is 0 Å². The number of hydrogen-bond acceptors (Lipinski definition) is 2. The predicted molar refractivity (Wildman–Crippen MR) is 12.7 cm³/mol. The molecule has 0 atom stereocenters. The average Bonchev–Trinajstić information content (AvgIpc) is 1.65. The Hall–Kier alpha value is 0.394. The van der Waals surface area contributed by atoms with Crippen LogP contribution in [0.3, 0.4) is 0 Å². The summed E-state index contributed by atoms with van der Waals surface area (Å²) in [6.45, 7) is 0. The molecule has 0 N–H and O–H groups in total. The maximum Gasteiger partial charge on any atom is 0.229 e. The van der Waals surface area contributed by atoms with E-state index in [0.29, 0.717) is 0 Å². The summed E-state index contributed by atoms with van der Waals surface area (Å²) in [6.07, 6.45) is -2.38. The zero-order chi connectivity index (χ0) is 5.86. The van der Waals surface area contributed by atoms with Gasteiger partial charge in [0.15, 0.2) is 0 Å². The van der Waals surface area contributed by atoms with E-state index >= 15 is 0 Å². The minimum absolute atomic E-state index is 0. The Bertz CT molecular complexity index is 77.7. The van der Waals surface area contributed by atoms with Crippen LogP contribution in [0, 0.1) is 6.36 Å². The quantitative estimate of drug-likeness (QED) is 0.489. The molecule has 6 heteroatoms. The van der Waals surface area contributed by atoms with E-state index < -0.39 is 12.4 Å². The largest absolute Gasteiger partial charge is 0.391 e. The molecule has 1 radical (unpaired) electrons. The Kier molecular flexibility index (Phi) is 7.76. The molecule has 45 valence electrons. The fourth-order valence-corrected chi connectivity index (χ4v) is 0.0303. The Balaban J connectivity index is 0. The van der Waals surface area contributed by atoms with Crippen molar-refractivity contribution in [3.05, 3.63) is 6.36 Å². The van der Waals surface area contributed by atoms with Crippen molar-refractivity contribution in [2.75, 3.05) is 0 Å². The van der Waals surface area contributed by atoms with Gasteiger partial charge in [0.1, 0.15) is 0 Å². The Morgan fingerprint density at radius 1 is 1.62 bits per heavy atom. The second kappa shape index (κ2) is 5.53. The third-order valence-electron chi connectivity index (χ3n) is 0.222. The van der Waals surface area contributed by atoms with Crippen LogP contribution < -0.4 is 0 Å². The monoisotopic (exact) mass is 202 g/mol. The van der Waals surface area contributed by atoms with Crippen LogP contribution in [0.5, 0.6) is 0 Å². The molecule has 8 heavy (non-hydrogen) atoms. The van der Waals surface area contributed by atoms with E-state index in [1.165, 1.54) is 0 Å². The van der Waals surface area contributed by atoms with Gasteiger partial charge < -0.3 is 9.33 Å². The molecule has 0 bridgehead atoms. The second-order valence-electron chi connectivity index (χ2n) is 0.625. The zero-order valence-corrected chi connectivity index (χ0v) is 6.37. The molecular weight excluding hydrogens is 202 g/mol. The van der Waals surface area contributed by atoms with E-state index in [1.54, 1.807) is 0 Å². The van der Waals surface area contributed by atoms with Crippen molar-refractivity contribution in [1.82, 2.24) is 0 Å². The van der Waals surface area contributed by atoms with E-state index in [2.05, 4.69) is 0 Å². The summed E-state index contributed by atoms with van der Waals surface area (Å²) in [6, 6.07) is -2.55. The first kappa shape index (κ1) is 11.2. The van der Waals surface area contributed by atoms with Gasteiger partial charge >= 0.3 is 0 Å². The normalized spacial score (nSPS) is 7.38. The van der Waals surface area contributed by atoms with Crippen molar-refractivity contribution in [3.63, 3.8) is 0 Å². The fraction of sp³-hybridized carbons (Fsp3) is 0. The number of carbonyl (C=O) groups excluding carboxylic acids is 1. The molecule has 2 nitrogen and oxygen atoms in total. The summed E-state index contributed by atoms with van der Waals surface area (Å²) in [5, 5.41) is 0. The molecule has 0 saturated heterocycles. The van der Waals surface area contributed by atoms with Gasteiger partial charge in [-0.1, -0.05) is 4.53 Å². The topological polar surface area (TPSA) is 26.3 Å². The van der Waals surface area contributed by atoms with Crippen molar-refractivity contribution < 1.29 is 55.8 Å². The third kappa shape index (κ3) is 4.55. The molecule has 0 saturated carbocycles. The van der Waals surface area contributed by atoms with Crippen LogP contribution in [-0.4, -0.2) is 6.04 Å². The molecule has 0 unspecified atom stereocenters. The molecule has 0 amide bonds. The van der Waals surface area contributed by atoms with E-state index in [4.69, 9.17) is 4.79 Å².